The smallest absolute Gasteiger partial charge is 1.00 e. The molecule has 2 rings (SSSR count). The molecular weight excluding hydrogens is 341 g/mol. The van der Waals surface area contributed by atoms with Crippen LogP contribution in [0, 0.1) is 0 Å². The molecule has 0 aliphatic heterocycles. The first-order chi connectivity index (χ1) is 5.29. The molecule has 0 bridgehead atoms. The molecule has 0 saturated heterocycles. The van der Waals surface area contributed by atoms with Crippen molar-refractivity contribution in [3.8, 4) is 0 Å². The summed E-state index contributed by atoms with van der Waals surface area (Å²) in [6.45, 7) is 0. The minimum absolute atomic E-state index is 0. The summed E-state index contributed by atoms with van der Waals surface area (Å²) < 4.78 is 0.486. The molecule has 0 fully saturated rings. The van der Waals surface area contributed by atoms with Crippen LogP contribution in [0.15, 0.2) is 29.3 Å². The molecule has 0 radical (unpaired) electrons. The molecular formula is C9H6Cl4Zr. The van der Waals surface area contributed by atoms with Crippen molar-refractivity contribution in [3.63, 3.8) is 0 Å². The molecule has 1 aromatic carbocycles. The van der Waals surface area contributed by atoms with Crippen LogP contribution in [-0.2, 0) is 24.7 Å². The zero-order valence-corrected chi connectivity index (χ0v) is 12.5. The van der Waals surface area contributed by atoms with Crippen LogP contribution in [0.3, 0.4) is 0 Å². The van der Waals surface area contributed by atoms with Crippen molar-refractivity contribution < 1.29 is 61.9 Å². The van der Waals surface area contributed by atoms with Crippen LogP contribution in [0.1, 0.15) is 14.8 Å². The first-order valence-corrected chi connectivity index (χ1v) is 5.26. The van der Waals surface area contributed by atoms with Crippen LogP contribution in [0.5, 0.6) is 0 Å². The summed E-state index contributed by atoms with van der Waals surface area (Å²) >= 11 is 7.48. The Morgan fingerprint density at radius 3 is 2.21 bits per heavy atom. The molecule has 74 valence electrons. The Hall–Kier alpha value is 1.00. The second-order valence-corrected chi connectivity index (χ2v) is 4.45. The topological polar surface area (TPSA) is 0 Å². The zero-order chi connectivity index (χ0) is 7.84. The fraction of sp³-hybridized carbons (Fsp3) is 0.111. The van der Waals surface area contributed by atoms with Gasteiger partial charge in [-0.15, -0.1) is 0 Å². The molecule has 0 N–H and O–H groups in total. The number of fused-ring (bicyclic) bond motifs is 1. The van der Waals surface area contributed by atoms with Gasteiger partial charge in [0, 0.05) is 0 Å². The van der Waals surface area contributed by atoms with Crippen molar-refractivity contribution in [3.05, 3.63) is 40.4 Å². The van der Waals surface area contributed by atoms with Gasteiger partial charge in [-0.25, -0.2) is 0 Å². The van der Waals surface area contributed by atoms with E-state index in [1.807, 2.05) is 6.07 Å². The number of hydrogen-bond donors (Lipinski definition) is 0. The second kappa shape index (κ2) is 7.31. The van der Waals surface area contributed by atoms with Crippen molar-refractivity contribution in [2.75, 3.05) is 0 Å². The van der Waals surface area contributed by atoms with E-state index in [2.05, 4.69) is 24.3 Å². The quantitative estimate of drug-likeness (QED) is 0.438. The fourth-order valence-electron chi connectivity index (χ4n) is 1.29. The van der Waals surface area contributed by atoms with Crippen LogP contribution >= 0.6 is 11.6 Å². The monoisotopic (exact) mass is 344 g/mol. The number of hydrogen-bond acceptors (Lipinski definition) is 0. The van der Waals surface area contributed by atoms with Gasteiger partial charge in [0.25, 0.3) is 0 Å². The van der Waals surface area contributed by atoms with E-state index < -0.39 is 0 Å². The average molecular weight is 347 g/mol. The Morgan fingerprint density at radius 1 is 1.07 bits per heavy atom. The molecule has 0 heterocycles. The van der Waals surface area contributed by atoms with Crippen molar-refractivity contribution in [1.82, 2.24) is 0 Å². The molecule has 1 aliphatic carbocycles. The van der Waals surface area contributed by atoms with E-state index >= 15 is 0 Å². The molecule has 0 amide bonds. The molecule has 0 nitrogen and oxygen atoms in total. The predicted octanol–water partition coefficient (Wildman–Crippen LogP) is -6.12. The third-order valence-electron chi connectivity index (χ3n) is 1.88. The van der Waals surface area contributed by atoms with E-state index in [1.165, 1.54) is 35.8 Å². The number of halogens is 4. The van der Waals surface area contributed by atoms with Crippen molar-refractivity contribution in [1.29, 1.82) is 0 Å². The van der Waals surface area contributed by atoms with Gasteiger partial charge in [-0.05, 0) is 0 Å². The molecule has 1 unspecified atom stereocenters. The van der Waals surface area contributed by atoms with Crippen molar-refractivity contribution in [2.24, 2.45) is 0 Å². The van der Waals surface area contributed by atoms with Crippen molar-refractivity contribution >= 4 is 17.7 Å². The summed E-state index contributed by atoms with van der Waals surface area (Å²) in [6, 6.07) is 8.38. The molecule has 1 atom stereocenters. The van der Waals surface area contributed by atoms with Gasteiger partial charge in [0.15, 0.2) is 0 Å². The molecule has 14 heavy (non-hydrogen) atoms. The minimum atomic E-state index is 0. The van der Waals surface area contributed by atoms with Gasteiger partial charge in [0.05, 0.1) is 0 Å². The third kappa shape index (κ3) is 3.25. The standard InChI is InChI=1S/C9H6Cl.3ClH.Zr/c10-9-5-7-3-1-2-4-8(7)6-9;;;;/h1-6H;3*1H;/q;;;;+3/p-3. The number of allylic oxidation sites excluding steroid dienone is 1. The summed E-state index contributed by atoms with van der Waals surface area (Å²) in [4.78, 5) is 0. The van der Waals surface area contributed by atoms with Crippen LogP contribution < -0.4 is 37.2 Å². The van der Waals surface area contributed by atoms with E-state index in [4.69, 9.17) is 11.6 Å². The zero-order valence-electron chi connectivity index (χ0n) is 6.98. The van der Waals surface area contributed by atoms with Crippen LogP contribution in [-0.4, -0.2) is 0 Å². The van der Waals surface area contributed by atoms with E-state index in [0.717, 1.165) is 5.03 Å². The molecule has 5 heteroatoms. The second-order valence-electron chi connectivity index (χ2n) is 2.59. The maximum absolute atomic E-state index is 6.01. The van der Waals surface area contributed by atoms with Gasteiger partial charge in [0.2, 0.25) is 0 Å². The summed E-state index contributed by atoms with van der Waals surface area (Å²) in [5.74, 6) is 0. The summed E-state index contributed by atoms with van der Waals surface area (Å²) in [6.07, 6.45) is 2.07. The van der Waals surface area contributed by atoms with Crippen LogP contribution in [0.25, 0.3) is 6.08 Å². The van der Waals surface area contributed by atoms with Gasteiger partial charge < -0.3 is 37.2 Å². The van der Waals surface area contributed by atoms with Crippen molar-refractivity contribution in [2.45, 2.75) is 3.63 Å². The van der Waals surface area contributed by atoms with E-state index in [1.54, 1.807) is 0 Å². The van der Waals surface area contributed by atoms with Gasteiger partial charge in [-0.3, -0.25) is 0 Å². The van der Waals surface area contributed by atoms with E-state index in [9.17, 15) is 0 Å². The average Bonchev–Trinajstić information content (AvgIpc) is 2.30. The third-order valence-corrected chi connectivity index (χ3v) is 4.18. The largest absolute Gasteiger partial charge is 1.00 e. The predicted molar refractivity (Wildman–Crippen MR) is 43.0 cm³/mol. The maximum atomic E-state index is 6.01. The van der Waals surface area contributed by atoms with Gasteiger partial charge in [0.1, 0.15) is 0 Å². The van der Waals surface area contributed by atoms with Gasteiger partial charge >= 0.3 is 86.4 Å². The van der Waals surface area contributed by atoms with Gasteiger partial charge in [-0.1, -0.05) is 0 Å². The fourth-order valence-corrected chi connectivity index (χ4v) is 2.37. The number of rotatable bonds is 0. The SMILES string of the molecule is ClC1=Cc2ccccc2[CH]1[Zr+3].[Cl-].[Cl-].[Cl-]. The molecule has 0 aromatic heterocycles. The summed E-state index contributed by atoms with van der Waals surface area (Å²) in [7, 11) is 0. The maximum Gasteiger partial charge on any atom is -1.00 e. The normalized spacial score (nSPS) is 16.8. The minimum Gasteiger partial charge on any atom is -1.00 e. The van der Waals surface area contributed by atoms with Crippen LogP contribution in [0.2, 0.25) is 0 Å². The molecule has 1 aromatic rings. The molecule has 1 aliphatic rings. The Morgan fingerprint density at radius 2 is 1.64 bits per heavy atom. The number of benzene rings is 1. The summed E-state index contributed by atoms with van der Waals surface area (Å²) in [5, 5.41) is 0.990. The first-order valence-electron chi connectivity index (χ1n) is 3.46. The Balaban J connectivity index is 0. The molecule has 0 saturated carbocycles. The van der Waals surface area contributed by atoms with E-state index in [0.29, 0.717) is 3.63 Å². The first kappa shape index (κ1) is 17.4. The Bertz CT molecular complexity index is 324. The summed E-state index contributed by atoms with van der Waals surface area (Å²) in [5.41, 5.74) is 2.68. The van der Waals surface area contributed by atoms with Crippen LogP contribution in [0.4, 0.5) is 0 Å². The Kier molecular flexibility index (Phi) is 9.08. The Labute approximate surface area is 123 Å². The van der Waals surface area contributed by atoms with E-state index in [-0.39, 0.29) is 37.2 Å². The van der Waals surface area contributed by atoms with Gasteiger partial charge in [-0.2, -0.15) is 0 Å². The molecule has 0 spiro atoms.